The first kappa shape index (κ1) is 21.8. The van der Waals surface area contributed by atoms with E-state index in [2.05, 4.69) is 30.0 Å². The molecule has 1 amide bonds. The van der Waals surface area contributed by atoms with Crippen LogP contribution < -0.4 is 4.90 Å². The van der Waals surface area contributed by atoms with Gasteiger partial charge in [-0.3, -0.25) is 4.79 Å². The van der Waals surface area contributed by atoms with Crippen molar-refractivity contribution in [3.8, 4) is 0 Å². The van der Waals surface area contributed by atoms with Crippen LogP contribution in [0.4, 0.5) is 5.69 Å². The third-order valence-corrected chi connectivity index (χ3v) is 8.42. The van der Waals surface area contributed by atoms with E-state index in [1.54, 1.807) is 12.1 Å². The first-order valence-electron chi connectivity index (χ1n) is 11.0. The zero-order chi connectivity index (χ0) is 22.0. The highest BCUT2D eigenvalue weighted by atomic mass is 32.2. The highest BCUT2D eigenvalue weighted by molar-refractivity contribution is 7.89. The van der Waals surface area contributed by atoms with Gasteiger partial charge in [0.25, 0.3) is 0 Å². The number of aryl methyl sites for hydroxylation is 2. The molecule has 2 saturated heterocycles. The lowest BCUT2D eigenvalue weighted by Crippen LogP contribution is -2.52. The molecule has 0 aromatic heterocycles. The molecule has 2 aliphatic heterocycles. The SMILES string of the molecule is Cc1ccc(S(=O)(=O)N2CCC(C(=O)N3CCN(c4ccccc4C)CC3)CC2)cc1. The topological polar surface area (TPSA) is 60.9 Å². The Morgan fingerprint density at radius 3 is 2.06 bits per heavy atom. The van der Waals surface area contributed by atoms with Gasteiger partial charge in [0.05, 0.1) is 4.90 Å². The smallest absolute Gasteiger partial charge is 0.243 e. The molecule has 0 spiro atoms. The fourth-order valence-corrected chi connectivity index (χ4v) is 6.02. The minimum atomic E-state index is -3.49. The average Bonchev–Trinajstić information content (AvgIpc) is 2.79. The van der Waals surface area contributed by atoms with E-state index >= 15 is 0 Å². The number of piperidine rings is 1. The number of carbonyl (C=O) groups excluding carboxylic acids is 1. The zero-order valence-corrected chi connectivity index (χ0v) is 19.1. The predicted molar refractivity (Wildman–Crippen MR) is 123 cm³/mol. The Morgan fingerprint density at radius 1 is 0.839 bits per heavy atom. The third kappa shape index (κ3) is 4.62. The fourth-order valence-electron chi connectivity index (χ4n) is 4.55. The van der Waals surface area contributed by atoms with Crippen LogP contribution >= 0.6 is 0 Å². The molecule has 0 unspecified atom stereocenters. The van der Waals surface area contributed by atoms with E-state index in [0.29, 0.717) is 30.8 Å². The second-order valence-corrected chi connectivity index (χ2v) is 10.5. The maximum absolute atomic E-state index is 13.1. The molecule has 0 N–H and O–H groups in total. The van der Waals surface area contributed by atoms with Crippen molar-refractivity contribution in [2.45, 2.75) is 31.6 Å². The number of hydrogen-bond acceptors (Lipinski definition) is 4. The number of carbonyl (C=O) groups is 1. The number of anilines is 1. The van der Waals surface area contributed by atoms with Gasteiger partial charge in [0.1, 0.15) is 0 Å². The standard InChI is InChI=1S/C24H31N3O3S/c1-19-7-9-22(10-8-19)31(29,30)27-13-11-21(12-14-27)24(28)26-17-15-25(16-18-26)23-6-4-3-5-20(23)2/h3-10,21H,11-18H2,1-2H3. The Hall–Kier alpha value is -2.38. The maximum atomic E-state index is 13.1. The Labute approximate surface area is 185 Å². The normalized spacial score (nSPS) is 18.9. The Morgan fingerprint density at radius 2 is 1.45 bits per heavy atom. The summed E-state index contributed by atoms with van der Waals surface area (Å²) in [6, 6.07) is 15.3. The molecule has 2 aliphatic rings. The minimum absolute atomic E-state index is 0.0884. The summed E-state index contributed by atoms with van der Waals surface area (Å²) in [4.78, 5) is 17.7. The zero-order valence-electron chi connectivity index (χ0n) is 18.3. The average molecular weight is 442 g/mol. The maximum Gasteiger partial charge on any atom is 0.243 e. The monoisotopic (exact) mass is 441 g/mol. The van der Waals surface area contributed by atoms with E-state index in [-0.39, 0.29) is 11.8 Å². The van der Waals surface area contributed by atoms with Crippen LogP contribution in [0.25, 0.3) is 0 Å². The third-order valence-electron chi connectivity index (χ3n) is 6.51. The molecule has 0 atom stereocenters. The van der Waals surface area contributed by atoms with Crippen molar-refractivity contribution in [3.63, 3.8) is 0 Å². The van der Waals surface area contributed by atoms with Gasteiger partial charge >= 0.3 is 0 Å². The van der Waals surface area contributed by atoms with Gasteiger partial charge in [-0.05, 0) is 50.5 Å². The predicted octanol–water partition coefficient (Wildman–Crippen LogP) is 3.05. The summed E-state index contributed by atoms with van der Waals surface area (Å²) >= 11 is 0. The van der Waals surface area contributed by atoms with Crippen molar-refractivity contribution in [2.75, 3.05) is 44.2 Å². The molecule has 6 nitrogen and oxygen atoms in total. The van der Waals surface area contributed by atoms with Gasteiger partial charge in [-0.1, -0.05) is 35.9 Å². The van der Waals surface area contributed by atoms with Crippen LogP contribution in [0.1, 0.15) is 24.0 Å². The van der Waals surface area contributed by atoms with Crippen LogP contribution in [-0.2, 0) is 14.8 Å². The fraction of sp³-hybridized carbons (Fsp3) is 0.458. The first-order valence-corrected chi connectivity index (χ1v) is 12.5. The molecule has 2 aromatic carbocycles. The second-order valence-electron chi connectivity index (χ2n) is 8.59. The van der Waals surface area contributed by atoms with Crippen molar-refractivity contribution >= 4 is 21.6 Å². The molecule has 7 heteroatoms. The van der Waals surface area contributed by atoms with Crippen molar-refractivity contribution in [2.24, 2.45) is 5.92 Å². The largest absolute Gasteiger partial charge is 0.368 e. The second kappa shape index (κ2) is 9.01. The summed E-state index contributed by atoms with van der Waals surface area (Å²) in [7, 11) is -3.49. The molecule has 2 fully saturated rings. The minimum Gasteiger partial charge on any atom is -0.368 e. The summed E-state index contributed by atoms with van der Waals surface area (Å²) in [5.74, 6) is 0.0892. The number of benzene rings is 2. The molecule has 4 rings (SSSR count). The highest BCUT2D eigenvalue weighted by Gasteiger charge is 2.34. The van der Waals surface area contributed by atoms with E-state index in [9.17, 15) is 13.2 Å². The highest BCUT2D eigenvalue weighted by Crippen LogP contribution is 2.27. The number of rotatable bonds is 4. The van der Waals surface area contributed by atoms with Crippen LogP contribution in [-0.4, -0.2) is 62.8 Å². The van der Waals surface area contributed by atoms with E-state index in [1.165, 1.54) is 15.6 Å². The van der Waals surface area contributed by atoms with Crippen molar-refractivity contribution in [3.05, 3.63) is 59.7 Å². The molecule has 2 aromatic rings. The van der Waals surface area contributed by atoms with Crippen molar-refractivity contribution in [1.82, 2.24) is 9.21 Å². The number of amides is 1. The molecular weight excluding hydrogens is 410 g/mol. The molecule has 0 saturated carbocycles. The van der Waals surface area contributed by atoms with Crippen LogP contribution in [0.2, 0.25) is 0 Å². The first-order chi connectivity index (χ1) is 14.9. The van der Waals surface area contributed by atoms with Crippen LogP contribution in [0.15, 0.2) is 53.4 Å². The van der Waals surface area contributed by atoms with Gasteiger partial charge < -0.3 is 9.80 Å². The van der Waals surface area contributed by atoms with E-state index in [1.807, 2.05) is 30.0 Å². The Kier molecular flexibility index (Phi) is 6.34. The van der Waals surface area contributed by atoms with Crippen LogP contribution in [0, 0.1) is 19.8 Å². The van der Waals surface area contributed by atoms with Gasteiger partial charge in [-0.15, -0.1) is 0 Å². The van der Waals surface area contributed by atoms with E-state index in [0.717, 1.165) is 31.7 Å². The van der Waals surface area contributed by atoms with Crippen molar-refractivity contribution in [1.29, 1.82) is 0 Å². The van der Waals surface area contributed by atoms with Crippen LogP contribution in [0.5, 0.6) is 0 Å². The summed E-state index contributed by atoms with van der Waals surface area (Å²) in [6.07, 6.45) is 1.17. The van der Waals surface area contributed by atoms with E-state index < -0.39 is 10.0 Å². The quantitative estimate of drug-likeness (QED) is 0.732. The summed E-state index contributed by atoms with van der Waals surface area (Å²) in [6.45, 7) is 7.95. The van der Waals surface area contributed by atoms with Crippen LogP contribution in [0.3, 0.4) is 0 Å². The summed E-state index contributed by atoms with van der Waals surface area (Å²) in [5, 5.41) is 0. The number of sulfonamides is 1. The van der Waals surface area contributed by atoms with Gasteiger partial charge in [0, 0.05) is 50.9 Å². The Bertz CT molecular complexity index is 1020. The van der Waals surface area contributed by atoms with E-state index in [4.69, 9.17) is 0 Å². The molecular formula is C24H31N3O3S. The summed E-state index contributed by atoms with van der Waals surface area (Å²) < 4.78 is 27.3. The molecule has 0 bridgehead atoms. The lowest BCUT2D eigenvalue weighted by atomic mass is 9.96. The van der Waals surface area contributed by atoms with Gasteiger partial charge in [0.15, 0.2) is 0 Å². The molecule has 0 aliphatic carbocycles. The van der Waals surface area contributed by atoms with Crippen molar-refractivity contribution < 1.29 is 13.2 Å². The van der Waals surface area contributed by atoms with Gasteiger partial charge in [-0.2, -0.15) is 4.31 Å². The molecule has 166 valence electrons. The lowest BCUT2D eigenvalue weighted by Gasteiger charge is -2.39. The number of piperazine rings is 1. The molecule has 31 heavy (non-hydrogen) atoms. The number of para-hydroxylation sites is 1. The Balaban J connectivity index is 1.32. The summed E-state index contributed by atoms with van der Waals surface area (Å²) in [5.41, 5.74) is 3.53. The molecule has 0 radical (unpaired) electrons. The number of hydrogen-bond donors (Lipinski definition) is 0. The van der Waals surface area contributed by atoms with Gasteiger partial charge in [0.2, 0.25) is 15.9 Å². The van der Waals surface area contributed by atoms with Gasteiger partial charge in [-0.25, -0.2) is 8.42 Å². The number of nitrogens with zero attached hydrogens (tertiary/aromatic N) is 3. The molecule has 2 heterocycles. The lowest BCUT2D eigenvalue weighted by molar-refractivity contribution is -0.137.